The summed E-state index contributed by atoms with van der Waals surface area (Å²) in [4.78, 5) is 36.1. The van der Waals surface area contributed by atoms with E-state index in [4.69, 9.17) is 26.8 Å². The summed E-state index contributed by atoms with van der Waals surface area (Å²) in [6.07, 6.45) is -0.841. The van der Waals surface area contributed by atoms with E-state index in [9.17, 15) is 14.4 Å². The minimum atomic E-state index is -0.961. The third-order valence-electron chi connectivity index (χ3n) is 6.03. The number of rotatable bonds is 12. The number of nitrogens with one attached hydrogen (secondary N) is 2. The van der Waals surface area contributed by atoms with Crippen molar-refractivity contribution in [3.8, 4) is 5.75 Å². The van der Waals surface area contributed by atoms with Crippen LogP contribution in [0.4, 0.5) is 10.5 Å². The van der Waals surface area contributed by atoms with Gasteiger partial charge in [-0.25, -0.2) is 0 Å². The molecule has 0 unspecified atom stereocenters. The van der Waals surface area contributed by atoms with Crippen molar-refractivity contribution >= 4 is 67.7 Å². The Morgan fingerprint density at radius 3 is 2.25 bits per heavy atom. The SMILES string of the molecule is COCCSSCCOC([NH-])=O.COc1ccc2c(c1)c(CC(=O)Nc1cc[c-]cc1)c(C)n2C(=O)c1ccc(Cl)cc1.[Y]. The Morgan fingerprint density at radius 2 is 1.64 bits per heavy atom. The van der Waals surface area contributed by atoms with Gasteiger partial charge in [-0.1, -0.05) is 38.9 Å². The van der Waals surface area contributed by atoms with E-state index in [1.165, 1.54) is 0 Å². The maximum Gasteiger partial charge on any atom is 0.262 e. The maximum absolute atomic E-state index is 13.3. The number of aromatic nitrogens is 1. The second kappa shape index (κ2) is 19.8. The van der Waals surface area contributed by atoms with Crippen LogP contribution in [0.1, 0.15) is 21.6 Å². The summed E-state index contributed by atoms with van der Waals surface area (Å²) in [5, 5.41) is 4.25. The Morgan fingerprint density at radius 1 is 0.977 bits per heavy atom. The topological polar surface area (TPSA) is 120 Å². The third kappa shape index (κ3) is 11.4. The average Bonchev–Trinajstić information content (AvgIpc) is 3.27. The summed E-state index contributed by atoms with van der Waals surface area (Å²) >= 11 is 5.97. The summed E-state index contributed by atoms with van der Waals surface area (Å²) < 4.78 is 16.3. The van der Waals surface area contributed by atoms with E-state index in [2.05, 4.69) is 16.1 Å². The number of anilines is 1. The molecule has 3 aromatic carbocycles. The number of hydrogen-bond donors (Lipinski definition) is 1. The van der Waals surface area contributed by atoms with E-state index in [1.54, 1.807) is 95.0 Å². The molecule has 0 atom stereocenters. The van der Waals surface area contributed by atoms with Crippen LogP contribution in [0.25, 0.3) is 16.6 Å². The maximum atomic E-state index is 13.3. The van der Waals surface area contributed by atoms with Gasteiger partial charge in [-0.05, 0) is 55.0 Å². The monoisotopic (exact) mass is 730 g/mol. The van der Waals surface area contributed by atoms with Crippen LogP contribution in [0.2, 0.25) is 5.02 Å². The Hall–Kier alpha value is -2.54. The van der Waals surface area contributed by atoms with Crippen LogP contribution in [0.5, 0.6) is 5.75 Å². The molecular formula is C31H32ClN3O6S2Y-2. The fourth-order valence-electron chi connectivity index (χ4n) is 4.04. The van der Waals surface area contributed by atoms with Crippen LogP contribution in [-0.4, -0.2) is 61.4 Å². The zero-order valence-corrected chi connectivity index (χ0v) is 29.8. The van der Waals surface area contributed by atoms with Crippen LogP contribution in [0.15, 0.2) is 66.7 Å². The first-order valence-corrected chi connectivity index (χ1v) is 16.0. The van der Waals surface area contributed by atoms with Gasteiger partial charge in [-0.3, -0.25) is 19.0 Å². The van der Waals surface area contributed by atoms with Crippen LogP contribution >= 0.6 is 33.2 Å². The summed E-state index contributed by atoms with van der Waals surface area (Å²) in [7, 11) is 6.53. The van der Waals surface area contributed by atoms with E-state index in [-0.39, 0.29) is 50.9 Å². The van der Waals surface area contributed by atoms with Crippen molar-refractivity contribution in [2.24, 2.45) is 0 Å². The number of halogens is 1. The first-order valence-electron chi connectivity index (χ1n) is 13.1. The van der Waals surface area contributed by atoms with Gasteiger partial charge < -0.3 is 25.3 Å². The number of hydrogen-bond acceptors (Lipinski definition) is 8. The molecule has 13 heteroatoms. The van der Waals surface area contributed by atoms with E-state index in [1.807, 2.05) is 19.1 Å². The molecule has 0 fully saturated rings. The van der Waals surface area contributed by atoms with Crippen molar-refractivity contribution < 1.29 is 61.3 Å². The molecule has 231 valence electrons. The number of carbonyl (C=O) groups excluding carboxylic acids is 3. The van der Waals surface area contributed by atoms with Gasteiger partial charge >= 0.3 is 0 Å². The number of methoxy groups -OCH3 is 2. The van der Waals surface area contributed by atoms with Crippen molar-refractivity contribution in [2.45, 2.75) is 13.3 Å². The number of amides is 2. The van der Waals surface area contributed by atoms with Crippen molar-refractivity contribution in [1.29, 1.82) is 0 Å². The molecule has 2 amide bonds. The largest absolute Gasteiger partial charge is 0.632 e. The summed E-state index contributed by atoms with van der Waals surface area (Å²) in [5.41, 5.74) is 9.83. The number of nitrogens with zero attached hydrogens (tertiary/aromatic N) is 1. The third-order valence-corrected chi connectivity index (χ3v) is 8.61. The van der Waals surface area contributed by atoms with Gasteiger partial charge in [0.2, 0.25) is 12.0 Å². The average molecular weight is 731 g/mol. The number of benzene rings is 3. The minimum Gasteiger partial charge on any atom is -0.632 e. The second-order valence-corrected chi connectivity index (χ2v) is 12.0. The fraction of sp³-hybridized carbons (Fsp3) is 0.258. The van der Waals surface area contributed by atoms with Crippen LogP contribution in [0, 0.1) is 13.0 Å². The molecule has 4 aromatic rings. The fourth-order valence-corrected chi connectivity index (χ4v) is 5.90. The molecule has 44 heavy (non-hydrogen) atoms. The minimum absolute atomic E-state index is 0. The van der Waals surface area contributed by atoms with Gasteiger partial charge in [0.25, 0.3) is 5.91 Å². The quantitative estimate of drug-likeness (QED) is 0.0906. The molecule has 1 radical (unpaired) electrons. The number of fused-ring (bicyclic) bond motifs is 1. The Bertz CT molecular complexity index is 1520. The molecule has 0 spiro atoms. The van der Waals surface area contributed by atoms with Gasteiger partial charge in [0.05, 0.1) is 32.3 Å². The molecular weight excluding hydrogens is 699 g/mol. The molecule has 4 rings (SSSR count). The summed E-state index contributed by atoms with van der Waals surface area (Å²) in [5.74, 6) is 1.95. The normalized spacial score (nSPS) is 10.3. The van der Waals surface area contributed by atoms with Crippen molar-refractivity contribution in [1.82, 2.24) is 4.57 Å². The van der Waals surface area contributed by atoms with Gasteiger partial charge in [0, 0.05) is 73.0 Å². The zero-order chi connectivity index (χ0) is 31.2. The predicted octanol–water partition coefficient (Wildman–Crippen LogP) is 7.48. The molecule has 0 aliphatic rings. The molecule has 0 aliphatic heterocycles. The van der Waals surface area contributed by atoms with Crippen LogP contribution in [0.3, 0.4) is 0 Å². The summed E-state index contributed by atoms with van der Waals surface area (Å²) in [6.45, 7) is 2.89. The van der Waals surface area contributed by atoms with E-state index < -0.39 is 6.09 Å². The molecule has 0 bridgehead atoms. The van der Waals surface area contributed by atoms with Crippen LogP contribution < -0.4 is 10.1 Å². The predicted molar refractivity (Wildman–Crippen MR) is 174 cm³/mol. The molecule has 2 N–H and O–H groups in total. The second-order valence-electron chi connectivity index (χ2n) is 8.88. The first kappa shape index (κ1) is 37.7. The van der Waals surface area contributed by atoms with Gasteiger partial charge in [-0.2, -0.15) is 18.2 Å². The first-order chi connectivity index (χ1) is 20.7. The Kier molecular flexibility index (Phi) is 16.9. The Balaban J connectivity index is 0.000000444. The van der Waals surface area contributed by atoms with E-state index >= 15 is 0 Å². The number of ether oxygens (including phenoxy) is 3. The van der Waals surface area contributed by atoms with Crippen molar-refractivity contribution in [2.75, 3.05) is 44.3 Å². The number of carbonyl (C=O) groups is 3. The standard InChI is InChI=1S/C25H20ClN2O3.C6H13NO3S2.Y/c1-16-21(15-24(29)27-19-6-4-3-5-7-19)22-14-20(31-2)12-13-23(22)28(16)25(30)17-8-10-18(26)11-9-17;1-9-2-4-11-12-5-3-10-6(7)8;/h4-14H,15H2,1-2H3,(H,27,29);2-5H2,1H3,(H2,7,8);/q-1;;/p-1. The molecule has 9 nitrogen and oxygen atoms in total. The molecule has 1 heterocycles. The molecule has 0 saturated carbocycles. The van der Waals surface area contributed by atoms with Crippen molar-refractivity contribution in [3.05, 3.63) is 100 Å². The van der Waals surface area contributed by atoms with Gasteiger partial charge in [-0.15, -0.1) is 12.1 Å². The molecule has 1 aromatic heterocycles. The van der Waals surface area contributed by atoms with E-state index in [0.717, 1.165) is 34.6 Å². The zero-order valence-electron chi connectivity index (χ0n) is 24.6. The van der Waals surface area contributed by atoms with Gasteiger partial charge in [0.15, 0.2) is 0 Å². The van der Waals surface area contributed by atoms with Crippen molar-refractivity contribution in [3.63, 3.8) is 0 Å². The smallest absolute Gasteiger partial charge is 0.262 e. The van der Waals surface area contributed by atoms with Crippen LogP contribution in [-0.2, 0) is 53.4 Å². The summed E-state index contributed by atoms with van der Waals surface area (Å²) in [6, 6.07) is 22.2. The molecule has 0 aliphatic carbocycles. The molecule has 0 saturated heterocycles. The Labute approximate surface area is 295 Å². The van der Waals surface area contributed by atoms with Gasteiger partial charge in [0.1, 0.15) is 5.75 Å². The van der Waals surface area contributed by atoms with E-state index in [0.29, 0.717) is 34.3 Å².